The van der Waals surface area contributed by atoms with Gasteiger partial charge in [-0.25, -0.2) is 0 Å². The van der Waals surface area contributed by atoms with Crippen LogP contribution in [0.25, 0.3) is 0 Å². The Bertz CT molecular complexity index is 424. The molecule has 90 valence electrons. The summed E-state index contributed by atoms with van der Waals surface area (Å²) in [5, 5.41) is 11.3. The van der Waals surface area contributed by atoms with Crippen LogP contribution in [-0.2, 0) is 4.79 Å². The number of carbonyl (C=O) groups is 1. The minimum atomic E-state index is -0.324. The van der Waals surface area contributed by atoms with Crippen LogP contribution >= 0.6 is 0 Å². The molecule has 0 bridgehead atoms. The third-order valence-electron chi connectivity index (χ3n) is 2.29. The Labute approximate surface area is 101 Å². The van der Waals surface area contributed by atoms with E-state index in [1.54, 1.807) is 19.1 Å². The molecule has 0 radical (unpaired) electrons. The minimum Gasteiger partial charge on any atom is -0.492 e. The number of amides is 1. The van der Waals surface area contributed by atoms with Gasteiger partial charge in [-0.15, -0.1) is 0 Å². The first kappa shape index (κ1) is 13.0. The SMILES string of the molecule is CCOc1ccccc1NC(=O)C(C)CC#N. The first-order chi connectivity index (χ1) is 8.19. The minimum absolute atomic E-state index is 0.168. The van der Waals surface area contributed by atoms with Crippen molar-refractivity contribution in [2.24, 2.45) is 5.92 Å². The van der Waals surface area contributed by atoms with Gasteiger partial charge in [0.05, 0.1) is 18.4 Å². The van der Waals surface area contributed by atoms with Crippen molar-refractivity contribution in [3.05, 3.63) is 24.3 Å². The molecule has 1 atom stereocenters. The van der Waals surface area contributed by atoms with E-state index in [2.05, 4.69) is 5.32 Å². The van der Waals surface area contributed by atoms with E-state index in [0.29, 0.717) is 18.0 Å². The van der Waals surface area contributed by atoms with Gasteiger partial charge < -0.3 is 10.1 Å². The van der Waals surface area contributed by atoms with E-state index in [1.807, 2.05) is 25.1 Å². The number of hydrogen-bond acceptors (Lipinski definition) is 3. The highest BCUT2D eigenvalue weighted by molar-refractivity contribution is 5.93. The van der Waals surface area contributed by atoms with Crippen LogP contribution in [0.4, 0.5) is 5.69 Å². The molecule has 0 spiro atoms. The number of rotatable bonds is 5. The summed E-state index contributed by atoms with van der Waals surface area (Å²) in [4.78, 5) is 11.7. The van der Waals surface area contributed by atoms with Crippen molar-refractivity contribution in [1.82, 2.24) is 0 Å². The lowest BCUT2D eigenvalue weighted by Crippen LogP contribution is -2.20. The summed E-state index contributed by atoms with van der Waals surface area (Å²) in [7, 11) is 0. The van der Waals surface area contributed by atoms with E-state index in [-0.39, 0.29) is 18.2 Å². The van der Waals surface area contributed by atoms with Gasteiger partial charge in [0, 0.05) is 12.3 Å². The first-order valence-corrected chi connectivity index (χ1v) is 5.58. The summed E-state index contributed by atoms with van der Waals surface area (Å²) in [6.45, 7) is 4.15. The largest absolute Gasteiger partial charge is 0.492 e. The number of hydrogen-bond donors (Lipinski definition) is 1. The average molecular weight is 232 g/mol. The zero-order valence-electron chi connectivity index (χ0n) is 10.1. The molecule has 0 fully saturated rings. The molecule has 0 saturated heterocycles. The van der Waals surface area contributed by atoms with Crippen molar-refractivity contribution >= 4 is 11.6 Å². The van der Waals surface area contributed by atoms with Crippen LogP contribution in [0.1, 0.15) is 20.3 Å². The second-order valence-corrected chi connectivity index (χ2v) is 3.68. The van der Waals surface area contributed by atoms with Gasteiger partial charge in [-0.3, -0.25) is 4.79 Å². The predicted molar refractivity (Wildman–Crippen MR) is 65.6 cm³/mol. The molecule has 0 aliphatic carbocycles. The molecular weight excluding hydrogens is 216 g/mol. The quantitative estimate of drug-likeness (QED) is 0.848. The maximum atomic E-state index is 11.7. The highest BCUT2D eigenvalue weighted by atomic mass is 16.5. The van der Waals surface area contributed by atoms with Crippen LogP contribution in [0.3, 0.4) is 0 Å². The molecule has 0 heterocycles. The fraction of sp³-hybridized carbons (Fsp3) is 0.385. The Morgan fingerprint density at radius 3 is 2.88 bits per heavy atom. The number of nitriles is 1. The number of nitrogens with zero attached hydrogens (tertiary/aromatic N) is 1. The van der Waals surface area contributed by atoms with E-state index < -0.39 is 0 Å². The topological polar surface area (TPSA) is 62.1 Å². The Balaban J connectivity index is 2.74. The van der Waals surface area contributed by atoms with Crippen LogP contribution in [0, 0.1) is 17.2 Å². The second-order valence-electron chi connectivity index (χ2n) is 3.68. The zero-order chi connectivity index (χ0) is 12.7. The standard InChI is InChI=1S/C13H16N2O2/c1-3-17-12-7-5-4-6-11(12)15-13(16)10(2)8-9-14/h4-7,10H,3,8H2,1-2H3,(H,15,16). The smallest absolute Gasteiger partial charge is 0.228 e. The number of anilines is 1. The molecule has 1 aromatic rings. The Morgan fingerprint density at radius 2 is 2.24 bits per heavy atom. The average Bonchev–Trinajstić information content (AvgIpc) is 2.32. The molecule has 4 heteroatoms. The van der Waals surface area contributed by atoms with Gasteiger partial charge in [-0.05, 0) is 19.1 Å². The molecule has 1 N–H and O–H groups in total. The van der Waals surface area contributed by atoms with Crippen LogP contribution in [0.5, 0.6) is 5.75 Å². The second kappa shape index (κ2) is 6.54. The van der Waals surface area contributed by atoms with Gasteiger partial charge >= 0.3 is 0 Å². The van der Waals surface area contributed by atoms with Crippen molar-refractivity contribution in [1.29, 1.82) is 5.26 Å². The Hall–Kier alpha value is -2.02. The Morgan fingerprint density at radius 1 is 1.53 bits per heavy atom. The van der Waals surface area contributed by atoms with E-state index in [4.69, 9.17) is 10.00 Å². The predicted octanol–water partition coefficient (Wildman–Crippen LogP) is 2.57. The van der Waals surface area contributed by atoms with E-state index in [9.17, 15) is 4.79 Å². The number of benzene rings is 1. The van der Waals surface area contributed by atoms with E-state index in [1.165, 1.54) is 0 Å². The third kappa shape index (κ3) is 3.80. The lowest BCUT2D eigenvalue weighted by Gasteiger charge is -2.13. The maximum absolute atomic E-state index is 11.7. The molecule has 1 aromatic carbocycles. The molecule has 0 aromatic heterocycles. The zero-order valence-corrected chi connectivity index (χ0v) is 10.1. The van der Waals surface area contributed by atoms with Crippen LogP contribution in [0.2, 0.25) is 0 Å². The number of ether oxygens (including phenoxy) is 1. The molecule has 17 heavy (non-hydrogen) atoms. The van der Waals surface area contributed by atoms with Crippen molar-refractivity contribution < 1.29 is 9.53 Å². The fourth-order valence-electron chi connectivity index (χ4n) is 1.34. The summed E-state index contributed by atoms with van der Waals surface area (Å²) < 4.78 is 5.40. The van der Waals surface area contributed by atoms with Gasteiger partial charge in [-0.1, -0.05) is 19.1 Å². The summed E-state index contributed by atoms with van der Waals surface area (Å²) in [5.74, 6) is 0.154. The monoisotopic (exact) mass is 232 g/mol. The van der Waals surface area contributed by atoms with E-state index in [0.717, 1.165) is 0 Å². The fourth-order valence-corrected chi connectivity index (χ4v) is 1.34. The van der Waals surface area contributed by atoms with Gasteiger partial charge in [0.1, 0.15) is 5.75 Å². The highest BCUT2D eigenvalue weighted by Gasteiger charge is 2.14. The molecule has 0 saturated carbocycles. The van der Waals surface area contributed by atoms with Crippen molar-refractivity contribution in [3.63, 3.8) is 0 Å². The Kier molecular flexibility index (Phi) is 5.02. The lowest BCUT2D eigenvalue weighted by molar-refractivity contribution is -0.119. The summed E-state index contributed by atoms with van der Waals surface area (Å²) in [5.41, 5.74) is 0.643. The molecule has 1 unspecified atom stereocenters. The normalized spacial score (nSPS) is 11.4. The van der Waals surface area contributed by atoms with Gasteiger partial charge in [0.25, 0.3) is 0 Å². The van der Waals surface area contributed by atoms with Crippen molar-refractivity contribution in [2.75, 3.05) is 11.9 Å². The molecule has 0 aliphatic heterocycles. The van der Waals surface area contributed by atoms with Gasteiger partial charge in [-0.2, -0.15) is 5.26 Å². The van der Waals surface area contributed by atoms with Crippen molar-refractivity contribution in [3.8, 4) is 11.8 Å². The lowest BCUT2D eigenvalue weighted by atomic mass is 10.1. The molecule has 1 rings (SSSR count). The van der Waals surface area contributed by atoms with Gasteiger partial charge in [0.2, 0.25) is 5.91 Å². The summed E-state index contributed by atoms with van der Waals surface area (Å²) in [6.07, 6.45) is 0.211. The van der Waals surface area contributed by atoms with Gasteiger partial charge in [0.15, 0.2) is 0 Å². The van der Waals surface area contributed by atoms with Crippen molar-refractivity contribution in [2.45, 2.75) is 20.3 Å². The highest BCUT2D eigenvalue weighted by Crippen LogP contribution is 2.24. The first-order valence-electron chi connectivity index (χ1n) is 5.58. The number of nitrogens with one attached hydrogen (secondary N) is 1. The molecular formula is C13H16N2O2. The number of carbonyl (C=O) groups excluding carboxylic acids is 1. The maximum Gasteiger partial charge on any atom is 0.228 e. The van der Waals surface area contributed by atoms with Crippen LogP contribution < -0.4 is 10.1 Å². The molecule has 1 amide bonds. The number of para-hydroxylation sites is 2. The summed E-state index contributed by atoms with van der Waals surface area (Å²) in [6, 6.07) is 9.23. The van der Waals surface area contributed by atoms with Crippen LogP contribution in [0.15, 0.2) is 24.3 Å². The summed E-state index contributed by atoms with van der Waals surface area (Å²) >= 11 is 0. The third-order valence-corrected chi connectivity index (χ3v) is 2.29. The van der Waals surface area contributed by atoms with Crippen LogP contribution in [-0.4, -0.2) is 12.5 Å². The van der Waals surface area contributed by atoms with E-state index >= 15 is 0 Å². The molecule has 0 aliphatic rings. The molecule has 4 nitrogen and oxygen atoms in total.